The minimum Gasteiger partial charge on any atom is -0.415 e. The van der Waals surface area contributed by atoms with Crippen molar-refractivity contribution in [2.24, 2.45) is 0 Å². The predicted octanol–water partition coefficient (Wildman–Crippen LogP) is 2.06. The summed E-state index contributed by atoms with van der Waals surface area (Å²) < 4.78 is 33.1. The lowest BCUT2D eigenvalue weighted by molar-refractivity contribution is 0.0941. The van der Waals surface area contributed by atoms with Crippen LogP contribution in [-0.2, 0) is 18.7 Å². The highest BCUT2D eigenvalue weighted by molar-refractivity contribution is 7.86. The summed E-state index contributed by atoms with van der Waals surface area (Å²) in [5.41, 5.74) is 0.356. The Labute approximate surface area is 166 Å². The van der Waals surface area contributed by atoms with Crippen molar-refractivity contribution in [2.45, 2.75) is 45.0 Å². The number of nitrogens with zero attached hydrogens (tertiary/aromatic N) is 2. The molecule has 2 heterocycles. The fraction of sp³-hybridized carbons (Fsp3) is 0.750. The van der Waals surface area contributed by atoms with E-state index in [0.717, 1.165) is 6.26 Å². The molecule has 1 N–H and O–H groups in total. The number of thiazole rings is 1. The molecule has 1 amide bonds. The topological polar surface area (TPSA) is 97.8 Å². The second kappa shape index (κ2) is 8.16. The van der Waals surface area contributed by atoms with Gasteiger partial charge in [0.25, 0.3) is 16.0 Å². The number of nitrogens with one attached hydrogen (secondary N) is 1. The first-order valence-electron chi connectivity index (χ1n) is 8.79. The molecule has 0 saturated carbocycles. The molecule has 2 rings (SSSR count). The maximum Gasteiger partial charge on any atom is 0.270 e. The number of carbonyl (C=O) groups is 1. The maximum atomic E-state index is 12.2. The van der Waals surface area contributed by atoms with Gasteiger partial charge < -0.3 is 14.6 Å². The van der Waals surface area contributed by atoms with E-state index < -0.39 is 18.4 Å². The van der Waals surface area contributed by atoms with E-state index in [4.69, 9.17) is 8.61 Å². The van der Waals surface area contributed by atoms with Crippen LogP contribution in [-0.4, -0.2) is 66.2 Å². The summed E-state index contributed by atoms with van der Waals surface area (Å²) in [4.78, 5) is 18.4. The van der Waals surface area contributed by atoms with Crippen molar-refractivity contribution in [3.63, 3.8) is 0 Å². The largest absolute Gasteiger partial charge is 0.415 e. The molecule has 0 aliphatic carbocycles. The van der Waals surface area contributed by atoms with E-state index in [9.17, 15) is 13.2 Å². The van der Waals surface area contributed by atoms with E-state index in [0.29, 0.717) is 37.1 Å². The monoisotopic (exact) mass is 435 g/mol. The van der Waals surface area contributed by atoms with E-state index in [1.165, 1.54) is 11.3 Å². The van der Waals surface area contributed by atoms with Gasteiger partial charge in [0.1, 0.15) is 11.8 Å². The first-order valence-corrected chi connectivity index (χ1v) is 14.4. The van der Waals surface area contributed by atoms with Crippen LogP contribution in [0.2, 0.25) is 18.1 Å². The number of anilines is 1. The van der Waals surface area contributed by atoms with Gasteiger partial charge in [0.2, 0.25) is 0 Å². The van der Waals surface area contributed by atoms with E-state index in [2.05, 4.69) is 44.2 Å². The van der Waals surface area contributed by atoms with Crippen molar-refractivity contribution >= 4 is 40.8 Å². The Morgan fingerprint density at radius 2 is 2.04 bits per heavy atom. The lowest BCUT2D eigenvalue weighted by Gasteiger charge is -2.37. The normalized spacial score (nSPS) is 16.3. The average Bonchev–Trinajstić information content (AvgIpc) is 2.94. The Hall–Kier alpha value is -1.01. The molecular formula is C16H29N3O5S2Si. The molecule has 1 aromatic heterocycles. The van der Waals surface area contributed by atoms with Crippen LogP contribution in [0.1, 0.15) is 31.3 Å². The van der Waals surface area contributed by atoms with E-state index in [1.807, 2.05) is 4.90 Å². The number of hydrogen-bond acceptors (Lipinski definition) is 8. The smallest absolute Gasteiger partial charge is 0.270 e. The van der Waals surface area contributed by atoms with Gasteiger partial charge in [-0.15, -0.1) is 11.3 Å². The molecular weight excluding hydrogens is 406 g/mol. The SMILES string of the molecule is CC(C)(C)[Si](C)(C)OCCNC(=O)c1csc(N2CC(OS(C)(=O)=O)C2)n1. The van der Waals surface area contributed by atoms with E-state index in [-0.39, 0.29) is 17.0 Å². The molecule has 1 fully saturated rings. The summed E-state index contributed by atoms with van der Waals surface area (Å²) in [5, 5.41) is 5.35. The van der Waals surface area contributed by atoms with Crippen molar-refractivity contribution in [3.8, 4) is 0 Å². The molecule has 0 spiro atoms. The molecule has 154 valence electrons. The van der Waals surface area contributed by atoms with Gasteiger partial charge in [-0.2, -0.15) is 8.42 Å². The second-order valence-corrected chi connectivity index (χ2v) is 15.5. The van der Waals surface area contributed by atoms with Crippen molar-refractivity contribution in [2.75, 3.05) is 37.4 Å². The molecule has 0 atom stereocenters. The molecule has 0 unspecified atom stereocenters. The lowest BCUT2D eigenvalue weighted by atomic mass is 10.2. The molecule has 0 aromatic carbocycles. The summed E-state index contributed by atoms with van der Waals surface area (Å²) in [6.07, 6.45) is 0.685. The fourth-order valence-corrected chi connectivity index (χ4v) is 4.68. The van der Waals surface area contributed by atoms with Gasteiger partial charge >= 0.3 is 0 Å². The molecule has 27 heavy (non-hydrogen) atoms. The molecule has 8 nitrogen and oxygen atoms in total. The van der Waals surface area contributed by atoms with Crippen LogP contribution in [0.3, 0.4) is 0 Å². The Morgan fingerprint density at radius 1 is 1.41 bits per heavy atom. The number of amides is 1. The van der Waals surface area contributed by atoms with Gasteiger partial charge in [-0.3, -0.25) is 8.98 Å². The van der Waals surface area contributed by atoms with Gasteiger partial charge in [-0.1, -0.05) is 20.8 Å². The fourth-order valence-electron chi connectivity index (χ4n) is 2.19. The Balaban J connectivity index is 1.76. The number of rotatable bonds is 8. The van der Waals surface area contributed by atoms with Crippen LogP contribution in [0.4, 0.5) is 5.13 Å². The zero-order valence-electron chi connectivity index (χ0n) is 16.7. The maximum absolute atomic E-state index is 12.2. The highest BCUT2D eigenvalue weighted by Gasteiger charge is 2.37. The highest BCUT2D eigenvalue weighted by Crippen LogP contribution is 2.36. The third-order valence-electron chi connectivity index (χ3n) is 4.81. The zero-order chi connectivity index (χ0) is 20.5. The first-order chi connectivity index (χ1) is 12.3. The third kappa shape index (κ3) is 6.24. The number of hydrogen-bond donors (Lipinski definition) is 1. The molecule has 1 aliphatic rings. The number of carbonyl (C=O) groups excluding carboxylic acids is 1. The summed E-state index contributed by atoms with van der Waals surface area (Å²) in [5.74, 6) is -0.235. The summed E-state index contributed by atoms with van der Waals surface area (Å²) in [6, 6.07) is 0. The van der Waals surface area contributed by atoms with Gasteiger partial charge in [0.15, 0.2) is 13.4 Å². The molecule has 1 saturated heterocycles. The van der Waals surface area contributed by atoms with Crippen LogP contribution < -0.4 is 10.2 Å². The first kappa shape index (κ1) is 22.3. The van der Waals surface area contributed by atoms with Crippen molar-refractivity contribution in [3.05, 3.63) is 11.1 Å². The van der Waals surface area contributed by atoms with Gasteiger partial charge in [0, 0.05) is 25.0 Å². The lowest BCUT2D eigenvalue weighted by Crippen LogP contribution is -2.53. The Morgan fingerprint density at radius 3 is 2.59 bits per heavy atom. The third-order valence-corrected chi connectivity index (χ3v) is 10.9. The molecule has 0 radical (unpaired) electrons. The van der Waals surface area contributed by atoms with Gasteiger partial charge in [-0.25, -0.2) is 4.98 Å². The quantitative estimate of drug-likeness (QED) is 0.379. The predicted molar refractivity (Wildman–Crippen MR) is 110 cm³/mol. The minimum atomic E-state index is -3.45. The van der Waals surface area contributed by atoms with E-state index in [1.54, 1.807) is 5.38 Å². The van der Waals surface area contributed by atoms with Crippen LogP contribution in [0.25, 0.3) is 0 Å². The Kier molecular flexibility index (Phi) is 6.73. The van der Waals surface area contributed by atoms with Gasteiger partial charge in [0.05, 0.1) is 12.9 Å². The summed E-state index contributed by atoms with van der Waals surface area (Å²) >= 11 is 1.35. The highest BCUT2D eigenvalue weighted by atomic mass is 32.2. The zero-order valence-corrected chi connectivity index (χ0v) is 19.4. The molecule has 0 bridgehead atoms. The van der Waals surface area contributed by atoms with Crippen LogP contribution in [0, 0.1) is 0 Å². The summed E-state index contributed by atoms with van der Waals surface area (Å²) in [7, 11) is -5.26. The minimum absolute atomic E-state index is 0.136. The standard InChI is InChI=1S/C16H29N3O5S2Si/c1-16(2,3)27(5,6)23-8-7-17-14(20)13-11-25-15(18-13)19-9-12(10-19)24-26(4,21)22/h11-12H,7-10H2,1-6H3,(H,17,20). The van der Waals surface area contributed by atoms with Gasteiger partial charge in [-0.05, 0) is 18.1 Å². The van der Waals surface area contributed by atoms with Crippen molar-refractivity contribution < 1.29 is 21.8 Å². The average molecular weight is 436 g/mol. The van der Waals surface area contributed by atoms with Crippen molar-refractivity contribution in [1.82, 2.24) is 10.3 Å². The second-order valence-electron chi connectivity index (χ2n) is 8.21. The van der Waals surface area contributed by atoms with Crippen LogP contribution in [0.5, 0.6) is 0 Å². The number of aromatic nitrogens is 1. The van der Waals surface area contributed by atoms with E-state index >= 15 is 0 Å². The molecule has 1 aromatic rings. The van der Waals surface area contributed by atoms with Crippen molar-refractivity contribution in [1.29, 1.82) is 0 Å². The van der Waals surface area contributed by atoms with Crippen LogP contribution >= 0.6 is 11.3 Å². The van der Waals surface area contributed by atoms with Crippen LogP contribution in [0.15, 0.2) is 5.38 Å². The molecule has 1 aliphatic heterocycles. The molecule has 11 heteroatoms. The Bertz CT molecular complexity index is 767. The summed E-state index contributed by atoms with van der Waals surface area (Å²) in [6.45, 7) is 12.7.